The lowest BCUT2D eigenvalue weighted by atomic mass is 10.3. The van der Waals surface area contributed by atoms with Crippen LogP contribution in [0, 0.1) is 0 Å². The summed E-state index contributed by atoms with van der Waals surface area (Å²) in [7, 11) is 0. The molecular weight excluding hydrogens is 248 g/mol. The van der Waals surface area contributed by atoms with Crippen LogP contribution in [0.4, 0.5) is 5.69 Å². The maximum atomic E-state index is 5.81. The van der Waals surface area contributed by atoms with E-state index in [1.807, 2.05) is 0 Å². The molecule has 96 valence electrons. The van der Waals surface area contributed by atoms with Gasteiger partial charge in [0.1, 0.15) is 0 Å². The number of nitrogen functional groups attached to an aromatic ring is 1. The number of thioether (sulfide) groups is 1. The van der Waals surface area contributed by atoms with E-state index < -0.39 is 0 Å². The number of nitrogens with two attached hydrogens (primary N) is 1. The summed E-state index contributed by atoms with van der Waals surface area (Å²) in [5, 5.41) is 4.53. The molecule has 2 N–H and O–H groups in total. The second-order valence-electron chi connectivity index (χ2n) is 3.99. The van der Waals surface area contributed by atoms with E-state index in [2.05, 4.69) is 29.0 Å². The van der Waals surface area contributed by atoms with E-state index >= 15 is 0 Å². The number of aromatic nitrogens is 3. The first kappa shape index (κ1) is 12.9. The van der Waals surface area contributed by atoms with E-state index in [-0.39, 0.29) is 0 Å². The van der Waals surface area contributed by atoms with E-state index in [0.717, 1.165) is 12.2 Å². The van der Waals surface area contributed by atoms with Gasteiger partial charge in [-0.05, 0) is 18.6 Å². The molecule has 6 heteroatoms. The van der Waals surface area contributed by atoms with Crippen LogP contribution in [0.25, 0.3) is 11.6 Å². The van der Waals surface area contributed by atoms with Gasteiger partial charge in [0.15, 0.2) is 11.5 Å². The minimum absolute atomic E-state index is 0.382. The van der Waals surface area contributed by atoms with Crippen LogP contribution in [0.1, 0.15) is 26.1 Å². The number of hydrogen-bond donors (Lipinski definition) is 1. The molecule has 0 saturated carbocycles. The van der Waals surface area contributed by atoms with E-state index in [4.69, 9.17) is 10.3 Å². The molecule has 18 heavy (non-hydrogen) atoms. The van der Waals surface area contributed by atoms with E-state index in [1.165, 1.54) is 0 Å². The third-order valence-corrected chi connectivity index (χ3v) is 3.91. The van der Waals surface area contributed by atoms with Gasteiger partial charge >= 0.3 is 0 Å². The van der Waals surface area contributed by atoms with Gasteiger partial charge in [-0.3, -0.25) is 0 Å². The lowest BCUT2D eigenvalue weighted by molar-refractivity contribution is 0.424. The van der Waals surface area contributed by atoms with Gasteiger partial charge in [0.05, 0.1) is 11.4 Å². The van der Waals surface area contributed by atoms with Gasteiger partial charge in [-0.25, -0.2) is 4.98 Å². The molecule has 0 fully saturated rings. The van der Waals surface area contributed by atoms with Crippen molar-refractivity contribution in [1.29, 1.82) is 0 Å². The van der Waals surface area contributed by atoms with Crippen LogP contribution in [-0.2, 0) is 5.75 Å². The van der Waals surface area contributed by atoms with Gasteiger partial charge < -0.3 is 10.3 Å². The number of anilines is 1. The third-order valence-electron chi connectivity index (χ3n) is 2.58. The third kappa shape index (κ3) is 3.01. The Morgan fingerprint density at radius 2 is 2.33 bits per heavy atom. The Balaban J connectivity index is 2.09. The molecular formula is C12H16N4OS. The molecule has 0 aliphatic rings. The molecule has 2 aromatic rings. The van der Waals surface area contributed by atoms with Crippen molar-refractivity contribution in [1.82, 2.24) is 15.1 Å². The zero-order valence-electron chi connectivity index (χ0n) is 10.5. The fraction of sp³-hybridized carbons (Fsp3) is 0.417. The van der Waals surface area contributed by atoms with E-state index in [1.54, 1.807) is 30.1 Å². The number of nitrogens with zero attached hydrogens (tertiary/aromatic N) is 3. The molecule has 0 spiro atoms. The predicted molar refractivity (Wildman–Crippen MR) is 73.0 cm³/mol. The van der Waals surface area contributed by atoms with Crippen molar-refractivity contribution in [2.24, 2.45) is 0 Å². The van der Waals surface area contributed by atoms with Crippen molar-refractivity contribution >= 4 is 17.4 Å². The molecule has 2 rings (SSSR count). The van der Waals surface area contributed by atoms with Crippen LogP contribution in [0.5, 0.6) is 0 Å². The maximum Gasteiger partial charge on any atom is 0.278 e. The zero-order chi connectivity index (χ0) is 13.0. The Morgan fingerprint density at radius 1 is 1.50 bits per heavy atom. The van der Waals surface area contributed by atoms with E-state index in [9.17, 15) is 0 Å². The van der Waals surface area contributed by atoms with Crippen LogP contribution in [-0.4, -0.2) is 20.4 Å². The first-order chi connectivity index (χ1) is 8.70. The van der Waals surface area contributed by atoms with Crippen molar-refractivity contribution < 1.29 is 4.52 Å². The highest BCUT2D eigenvalue weighted by Gasteiger charge is 2.13. The Hall–Kier alpha value is -1.56. The minimum Gasteiger partial charge on any atom is -0.397 e. The fourth-order valence-corrected chi connectivity index (χ4v) is 2.13. The summed E-state index contributed by atoms with van der Waals surface area (Å²) in [5.74, 6) is 1.80. The molecule has 0 amide bonds. The maximum absolute atomic E-state index is 5.81. The molecule has 2 aromatic heterocycles. The molecule has 2 heterocycles. The van der Waals surface area contributed by atoms with Gasteiger partial charge in [-0.2, -0.15) is 16.7 Å². The molecule has 1 unspecified atom stereocenters. The SMILES string of the molecule is CCC(C)SCc1noc(-c2ncccc2N)n1. The molecule has 1 atom stereocenters. The van der Waals surface area contributed by atoms with Crippen molar-refractivity contribution in [3.8, 4) is 11.6 Å². The molecule has 0 aliphatic heterocycles. The number of pyridine rings is 1. The smallest absolute Gasteiger partial charge is 0.278 e. The molecule has 0 radical (unpaired) electrons. The monoisotopic (exact) mass is 264 g/mol. The van der Waals surface area contributed by atoms with Gasteiger partial charge in [-0.15, -0.1) is 0 Å². The normalized spacial score (nSPS) is 12.6. The average Bonchev–Trinajstić information content (AvgIpc) is 2.85. The molecule has 0 aromatic carbocycles. The lowest BCUT2D eigenvalue weighted by Crippen LogP contribution is -1.95. The second-order valence-corrected chi connectivity index (χ2v) is 5.41. The van der Waals surface area contributed by atoms with Crippen molar-refractivity contribution in [3.05, 3.63) is 24.2 Å². The summed E-state index contributed by atoms with van der Waals surface area (Å²) in [4.78, 5) is 8.45. The Bertz CT molecular complexity index is 514. The van der Waals surface area contributed by atoms with Gasteiger partial charge in [0.25, 0.3) is 5.89 Å². The van der Waals surface area contributed by atoms with Crippen LogP contribution >= 0.6 is 11.8 Å². The highest BCUT2D eigenvalue weighted by molar-refractivity contribution is 7.99. The second kappa shape index (κ2) is 5.86. The zero-order valence-corrected chi connectivity index (χ0v) is 11.3. The number of rotatable bonds is 5. The van der Waals surface area contributed by atoms with Gasteiger partial charge in [0, 0.05) is 11.4 Å². The van der Waals surface area contributed by atoms with E-state index in [0.29, 0.717) is 28.3 Å². The number of hydrogen-bond acceptors (Lipinski definition) is 6. The summed E-state index contributed by atoms with van der Waals surface area (Å²) in [6.45, 7) is 4.34. The van der Waals surface area contributed by atoms with Gasteiger partial charge in [-0.1, -0.05) is 19.0 Å². The van der Waals surface area contributed by atoms with Crippen LogP contribution < -0.4 is 5.73 Å². The highest BCUT2D eigenvalue weighted by Crippen LogP contribution is 2.23. The minimum atomic E-state index is 0.382. The average molecular weight is 264 g/mol. The van der Waals surface area contributed by atoms with Crippen molar-refractivity contribution in [2.75, 3.05) is 5.73 Å². The largest absolute Gasteiger partial charge is 0.397 e. The highest BCUT2D eigenvalue weighted by atomic mass is 32.2. The quantitative estimate of drug-likeness (QED) is 0.894. The summed E-state index contributed by atoms with van der Waals surface area (Å²) >= 11 is 1.81. The predicted octanol–water partition coefficient (Wildman–Crippen LogP) is 2.75. The van der Waals surface area contributed by atoms with Crippen LogP contribution in [0.3, 0.4) is 0 Å². The van der Waals surface area contributed by atoms with Gasteiger partial charge in [0.2, 0.25) is 0 Å². The molecule has 0 aliphatic carbocycles. The Kier molecular flexibility index (Phi) is 4.19. The molecule has 5 nitrogen and oxygen atoms in total. The fourth-order valence-electron chi connectivity index (χ4n) is 1.34. The van der Waals surface area contributed by atoms with Crippen LogP contribution in [0.15, 0.2) is 22.9 Å². The Labute approximate surface area is 110 Å². The van der Waals surface area contributed by atoms with Crippen LogP contribution in [0.2, 0.25) is 0 Å². The standard InChI is InChI=1S/C12H16N4OS/c1-3-8(2)18-7-10-15-12(17-16-10)11-9(13)5-4-6-14-11/h4-6,8H,3,7,13H2,1-2H3. The summed E-state index contributed by atoms with van der Waals surface area (Å²) in [5.41, 5.74) is 6.90. The van der Waals surface area contributed by atoms with Crippen molar-refractivity contribution in [2.45, 2.75) is 31.3 Å². The summed E-state index contributed by atoms with van der Waals surface area (Å²) in [6.07, 6.45) is 2.78. The lowest BCUT2D eigenvalue weighted by Gasteiger charge is -2.04. The molecule has 0 bridgehead atoms. The Morgan fingerprint density at radius 3 is 3.06 bits per heavy atom. The first-order valence-electron chi connectivity index (χ1n) is 5.85. The summed E-state index contributed by atoms with van der Waals surface area (Å²) in [6, 6.07) is 3.54. The summed E-state index contributed by atoms with van der Waals surface area (Å²) < 4.78 is 5.18. The molecule has 0 saturated heterocycles. The first-order valence-corrected chi connectivity index (χ1v) is 6.90. The topological polar surface area (TPSA) is 77.8 Å². The van der Waals surface area contributed by atoms with Crippen molar-refractivity contribution in [3.63, 3.8) is 0 Å².